The number of carbonyl (C=O) groups excluding carboxylic acids is 1. The third-order valence-corrected chi connectivity index (χ3v) is 5.26. The fourth-order valence-electron chi connectivity index (χ4n) is 3.03. The largest absolute Gasteiger partial charge is 0.481 e. The molecule has 4 nitrogen and oxygen atoms in total. The maximum atomic E-state index is 12.6. The van der Waals surface area contributed by atoms with E-state index in [4.69, 9.17) is 5.11 Å². The lowest BCUT2D eigenvalue weighted by molar-refractivity contribution is -0.141. The van der Waals surface area contributed by atoms with Gasteiger partial charge in [0.1, 0.15) is 0 Å². The fourth-order valence-corrected chi connectivity index (χ4v) is 3.85. The van der Waals surface area contributed by atoms with Gasteiger partial charge in [-0.2, -0.15) is 0 Å². The van der Waals surface area contributed by atoms with Crippen molar-refractivity contribution < 1.29 is 14.7 Å². The average molecular weight is 329 g/mol. The molecule has 2 aromatic rings. The van der Waals surface area contributed by atoms with Crippen molar-refractivity contribution in [2.75, 3.05) is 0 Å². The Labute approximate surface area is 139 Å². The number of thiophene rings is 1. The Hall–Kier alpha value is -2.14. The summed E-state index contributed by atoms with van der Waals surface area (Å²) in [6, 6.07) is 10.0. The smallest absolute Gasteiger partial charge is 0.306 e. The highest BCUT2D eigenvalue weighted by Crippen LogP contribution is 2.30. The molecule has 1 aliphatic rings. The number of carboxylic acids is 1. The second-order valence-electron chi connectivity index (χ2n) is 6.05. The van der Waals surface area contributed by atoms with E-state index in [-0.39, 0.29) is 17.9 Å². The molecule has 120 valence electrons. The number of rotatable bonds is 4. The quantitative estimate of drug-likeness (QED) is 0.898. The molecule has 0 unspecified atom stereocenters. The van der Waals surface area contributed by atoms with Gasteiger partial charge in [0.05, 0.1) is 10.8 Å². The lowest BCUT2D eigenvalue weighted by Gasteiger charge is -2.12. The van der Waals surface area contributed by atoms with Crippen LogP contribution in [0.1, 0.15) is 34.5 Å². The summed E-state index contributed by atoms with van der Waals surface area (Å²) in [4.78, 5) is 24.3. The van der Waals surface area contributed by atoms with Gasteiger partial charge in [-0.15, -0.1) is 11.3 Å². The summed E-state index contributed by atoms with van der Waals surface area (Å²) in [5.74, 6) is -1.20. The number of carbonyl (C=O) groups is 2. The normalized spacial score (nSPS) is 20.4. The van der Waals surface area contributed by atoms with Crippen molar-refractivity contribution >= 4 is 23.2 Å². The molecule has 0 saturated heterocycles. The van der Waals surface area contributed by atoms with Crippen LogP contribution in [0.3, 0.4) is 0 Å². The van der Waals surface area contributed by atoms with Crippen molar-refractivity contribution in [2.24, 2.45) is 5.92 Å². The molecular weight excluding hydrogens is 310 g/mol. The first-order valence-corrected chi connectivity index (χ1v) is 8.61. The topological polar surface area (TPSA) is 66.4 Å². The van der Waals surface area contributed by atoms with E-state index >= 15 is 0 Å². The summed E-state index contributed by atoms with van der Waals surface area (Å²) in [6.07, 6.45) is 1.88. The molecule has 0 bridgehead atoms. The van der Waals surface area contributed by atoms with Crippen molar-refractivity contribution in [2.45, 2.75) is 32.2 Å². The predicted molar refractivity (Wildman–Crippen MR) is 90.7 cm³/mol. The summed E-state index contributed by atoms with van der Waals surface area (Å²) < 4.78 is 0. The van der Waals surface area contributed by atoms with Gasteiger partial charge < -0.3 is 10.4 Å². The minimum Gasteiger partial charge on any atom is -0.481 e. The summed E-state index contributed by atoms with van der Waals surface area (Å²) >= 11 is 1.42. The Balaban J connectivity index is 1.73. The van der Waals surface area contributed by atoms with Crippen LogP contribution in [-0.2, 0) is 4.79 Å². The van der Waals surface area contributed by atoms with Crippen molar-refractivity contribution in [1.82, 2.24) is 5.32 Å². The van der Waals surface area contributed by atoms with Crippen LogP contribution in [0.25, 0.3) is 11.1 Å². The summed E-state index contributed by atoms with van der Waals surface area (Å²) in [6.45, 7) is 2.03. The standard InChI is InChI=1S/C18H19NO3S/c1-11-2-4-12(5-3-11)15-8-9-23-16(15)17(20)19-14-7-6-13(10-14)18(21)22/h2-5,8-9,13-14H,6-7,10H2,1H3,(H,19,20)(H,21,22)/t13-,14+/m1/s1. The number of benzene rings is 1. The SMILES string of the molecule is Cc1ccc(-c2ccsc2C(=O)N[C@H]2CC[C@@H](C(=O)O)C2)cc1. The molecule has 23 heavy (non-hydrogen) atoms. The summed E-state index contributed by atoms with van der Waals surface area (Å²) in [5.41, 5.74) is 3.14. The predicted octanol–water partition coefficient (Wildman–Crippen LogP) is 3.71. The molecule has 0 spiro atoms. The number of carboxylic acid groups (broad SMARTS) is 1. The lowest BCUT2D eigenvalue weighted by atomic mass is 10.0. The zero-order valence-electron chi connectivity index (χ0n) is 12.9. The fraction of sp³-hybridized carbons (Fsp3) is 0.333. The third-order valence-electron chi connectivity index (χ3n) is 4.35. The average Bonchev–Trinajstić information content (AvgIpc) is 3.16. The van der Waals surface area contributed by atoms with E-state index in [9.17, 15) is 9.59 Å². The van der Waals surface area contributed by atoms with E-state index in [0.29, 0.717) is 17.7 Å². The number of aliphatic carboxylic acids is 1. The number of nitrogens with one attached hydrogen (secondary N) is 1. The minimum absolute atomic E-state index is 0.0448. The molecule has 2 atom stereocenters. The Morgan fingerprint density at radius 3 is 2.57 bits per heavy atom. The van der Waals surface area contributed by atoms with Gasteiger partial charge in [0.15, 0.2) is 0 Å². The van der Waals surface area contributed by atoms with E-state index in [0.717, 1.165) is 17.5 Å². The number of hydrogen-bond acceptors (Lipinski definition) is 3. The molecule has 1 amide bonds. The van der Waals surface area contributed by atoms with Crippen molar-refractivity contribution in [3.63, 3.8) is 0 Å². The van der Waals surface area contributed by atoms with Crippen LogP contribution in [0.2, 0.25) is 0 Å². The molecule has 1 saturated carbocycles. The van der Waals surface area contributed by atoms with Crippen molar-refractivity contribution in [3.05, 3.63) is 46.2 Å². The first-order chi connectivity index (χ1) is 11.0. The van der Waals surface area contributed by atoms with Gasteiger partial charge in [-0.05, 0) is 43.2 Å². The van der Waals surface area contributed by atoms with E-state index in [1.807, 2.05) is 42.6 Å². The molecule has 1 heterocycles. The van der Waals surface area contributed by atoms with Gasteiger partial charge in [-0.25, -0.2) is 0 Å². The Morgan fingerprint density at radius 2 is 1.91 bits per heavy atom. The summed E-state index contributed by atoms with van der Waals surface area (Å²) in [7, 11) is 0. The Morgan fingerprint density at radius 1 is 1.17 bits per heavy atom. The first-order valence-electron chi connectivity index (χ1n) is 7.73. The van der Waals surface area contributed by atoms with Gasteiger partial charge in [0.25, 0.3) is 5.91 Å². The third kappa shape index (κ3) is 3.45. The molecular formula is C18H19NO3S. The number of amides is 1. The van der Waals surface area contributed by atoms with Crippen LogP contribution in [0.4, 0.5) is 0 Å². The van der Waals surface area contributed by atoms with Crippen LogP contribution >= 0.6 is 11.3 Å². The zero-order chi connectivity index (χ0) is 16.4. The van der Waals surface area contributed by atoms with Crippen molar-refractivity contribution in [3.8, 4) is 11.1 Å². The minimum atomic E-state index is -0.766. The maximum absolute atomic E-state index is 12.6. The van der Waals surface area contributed by atoms with E-state index in [2.05, 4.69) is 5.32 Å². The van der Waals surface area contributed by atoms with Gasteiger partial charge in [-0.3, -0.25) is 9.59 Å². The highest BCUT2D eigenvalue weighted by Gasteiger charge is 2.31. The molecule has 3 rings (SSSR count). The second-order valence-corrected chi connectivity index (χ2v) is 6.96. The summed E-state index contributed by atoms with van der Waals surface area (Å²) in [5, 5.41) is 14.0. The lowest BCUT2D eigenvalue weighted by Crippen LogP contribution is -2.33. The molecule has 1 aromatic carbocycles. The van der Waals surface area contributed by atoms with Crippen LogP contribution in [-0.4, -0.2) is 23.0 Å². The molecule has 1 aliphatic carbocycles. The molecule has 1 aromatic heterocycles. The Kier molecular flexibility index (Phi) is 4.48. The first kappa shape index (κ1) is 15.7. The highest BCUT2D eigenvalue weighted by molar-refractivity contribution is 7.12. The zero-order valence-corrected chi connectivity index (χ0v) is 13.7. The molecule has 5 heteroatoms. The molecule has 2 N–H and O–H groups in total. The number of hydrogen-bond donors (Lipinski definition) is 2. The van der Waals surface area contributed by atoms with Crippen LogP contribution in [0.5, 0.6) is 0 Å². The molecule has 0 radical (unpaired) electrons. The van der Waals surface area contributed by atoms with Crippen molar-refractivity contribution in [1.29, 1.82) is 0 Å². The second kappa shape index (κ2) is 6.54. The van der Waals surface area contributed by atoms with Gasteiger partial charge in [0.2, 0.25) is 0 Å². The van der Waals surface area contributed by atoms with E-state index in [1.54, 1.807) is 0 Å². The van der Waals surface area contributed by atoms with Crippen LogP contribution < -0.4 is 5.32 Å². The molecule has 0 aliphatic heterocycles. The highest BCUT2D eigenvalue weighted by atomic mass is 32.1. The molecule has 1 fully saturated rings. The maximum Gasteiger partial charge on any atom is 0.306 e. The van der Waals surface area contributed by atoms with Gasteiger partial charge >= 0.3 is 5.97 Å². The number of aryl methyl sites for hydroxylation is 1. The van der Waals surface area contributed by atoms with E-state index < -0.39 is 5.97 Å². The van der Waals surface area contributed by atoms with Gasteiger partial charge in [0, 0.05) is 11.6 Å². The Bertz CT molecular complexity index is 720. The van der Waals surface area contributed by atoms with E-state index in [1.165, 1.54) is 16.9 Å². The van der Waals surface area contributed by atoms with Crippen LogP contribution in [0.15, 0.2) is 35.7 Å². The van der Waals surface area contributed by atoms with Gasteiger partial charge in [-0.1, -0.05) is 29.8 Å². The monoisotopic (exact) mass is 329 g/mol. The van der Waals surface area contributed by atoms with Crippen LogP contribution in [0, 0.1) is 12.8 Å².